The Morgan fingerprint density at radius 1 is 1.26 bits per heavy atom. The molecule has 0 bridgehead atoms. The first-order chi connectivity index (χ1) is 10.9. The molecule has 0 aliphatic heterocycles. The topological polar surface area (TPSA) is 46.4 Å². The third kappa shape index (κ3) is 3.09. The van der Waals surface area contributed by atoms with Crippen LogP contribution in [-0.2, 0) is 0 Å². The van der Waals surface area contributed by atoms with Crippen LogP contribution >= 0.6 is 39.1 Å². The molecule has 2 heterocycles. The first-order valence-corrected chi connectivity index (χ1v) is 8.33. The lowest BCUT2D eigenvalue weighted by Crippen LogP contribution is -2.16. The largest absolute Gasteiger partial charge is 0.319 e. The van der Waals surface area contributed by atoms with Gasteiger partial charge in [-0.25, -0.2) is 4.98 Å². The van der Waals surface area contributed by atoms with Gasteiger partial charge in [0.05, 0.1) is 16.4 Å². The van der Waals surface area contributed by atoms with Crippen LogP contribution in [0.4, 0.5) is 5.69 Å². The Hall–Kier alpha value is -1.56. The van der Waals surface area contributed by atoms with Crippen molar-refractivity contribution in [2.24, 2.45) is 0 Å². The third-order valence-electron chi connectivity index (χ3n) is 3.44. The zero-order valence-electron chi connectivity index (χ0n) is 12.3. The van der Waals surface area contributed by atoms with Crippen LogP contribution in [0.3, 0.4) is 0 Å². The van der Waals surface area contributed by atoms with Crippen molar-refractivity contribution in [3.8, 4) is 0 Å². The minimum absolute atomic E-state index is 0.295. The minimum atomic E-state index is -0.295. The molecule has 23 heavy (non-hydrogen) atoms. The number of benzene rings is 1. The summed E-state index contributed by atoms with van der Waals surface area (Å²) in [6.45, 7) is 3.75. The minimum Gasteiger partial charge on any atom is -0.319 e. The van der Waals surface area contributed by atoms with E-state index in [1.54, 1.807) is 29.5 Å². The summed E-state index contributed by atoms with van der Waals surface area (Å²) < 4.78 is 2.64. The van der Waals surface area contributed by atoms with E-state index in [0.29, 0.717) is 27.1 Å². The molecule has 0 aliphatic rings. The fraction of sp³-hybridized carbons (Fsp3) is 0.125. The second kappa shape index (κ2) is 6.15. The van der Waals surface area contributed by atoms with Crippen LogP contribution in [0, 0.1) is 13.8 Å². The van der Waals surface area contributed by atoms with Gasteiger partial charge in [-0.15, -0.1) is 0 Å². The standard InChI is InChI=1S/C16H12BrCl2N3O/c1-8-5-10(17)7-22-14(9(2)20-15(8)22)16(23)21-13-6-11(18)3-4-12(13)19/h3-7H,1-2H3,(H,21,23). The van der Waals surface area contributed by atoms with Crippen LogP contribution in [-0.4, -0.2) is 15.3 Å². The van der Waals surface area contributed by atoms with Crippen molar-refractivity contribution in [2.75, 3.05) is 5.32 Å². The molecule has 3 rings (SSSR count). The quantitative estimate of drug-likeness (QED) is 0.622. The van der Waals surface area contributed by atoms with Crippen molar-refractivity contribution in [1.29, 1.82) is 0 Å². The van der Waals surface area contributed by atoms with Crippen molar-refractivity contribution >= 4 is 56.4 Å². The number of pyridine rings is 1. The van der Waals surface area contributed by atoms with Gasteiger partial charge in [-0.1, -0.05) is 23.2 Å². The lowest BCUT2D eigenvalue weighted by atomic mass is 10.2. The van der Waals surface area contributed by atoms with E-state index in [1.807, 2.05) is 19.2 Å². The van der Waals surface area contributed by atoms with Crippen molar-refractivity contribution in [2.45, 2.75) is 13.8 Å². The maximum atomic E-state index is 12.7. The number of carbonyl (C=O) groups excluding carboxylic acids is 1. The molecule has 2 aromatic heterocycles. The number of hydrogen-bond donors (Lipinski definition) is 1. The Labute approximate surface area is 151 Å². The number of rotatable bonds is 2. The monoisotopic (exact) mass is 411 g/mol. The number of aromatic nitrogens is 2. The van der Waals surface area contributed by atoms with Crippen molar-refractivity contribution in [1.82, 2.24) is 9.38 Å². The average molecular weight is 413 g/mol. The molecule has 4 nitrogen and oxygen atoms in total. The summed E-state index contributed by atoms with van der Waals surface area (Å²) in [6.07, 6.45) is 1.82. The molecule has 118 valence electrons. The van der Waals surface area contributed by atoms with E-state index >= 15 is 0 Å². The van der Waals surface area contributed by atoms with E-state index in [0.717, 1.165) is 15.7 Å². The van der Waals surface area contributed by atoms with E-state index in [-0.39, 0.29) is 5.91 Å². The summed E-state index contributed by atoms with van der Waals surface area (Å²) in [5.74, 6) is -0.295. The number of halogens is 3. The fourth-order valence-electron chi connectivity index (χ4n) is 2.43. The molecule has 1 aromatic carbocycles. The highest BCUT2D eigenvalue weighted by Gasteiger charge is 2.19. The highest BCUT2D eigenvalue weighted by Crippen LogP contribution is 2.27. The normalized spacial score (nSPS) is 11.0. The van der Waals surface area contributed by atoms with Gasteiger partial charge in [0, 0.05) is 15.7 Å². The molecule has 1 amide bonds. The number of hydrogen-bond acceptors (Lipinski definition) is 2. The number of nitrogens with zero attached hydrogens (tertiary/aromatic N) is 2. The maximum Gasteiger partial charge on any atom is 0.274 e. The Morgan fingerprint density at radius 3 is 2.74 bits per heavy atom. The number of nitrogens with one attached hydrogen (secondary N) is 1. The van der Waals surface area contributed by atoms with E-state index in [4.69, 9.17) is 23.2 Å². The van der Waals surface area contributed by atoms with Gasteiger partial charge in [0.25, 0.3) is 5.91 Å². The highest BCUT2D eigenvalue weighted by atomic mass is 79.9. The van der Waals surface area contributed by atoms with Gasteiger partial charge in [0.1, 0.15) is 11.3 Å². The predicted molar refractivity (Wildman–Crippen MR) is 96.8 cm³/mol. The molecule has 1 N–H and O–H groups in total. The number of imidazole rings is 1. The van der Waals surface area contributed by atoms with Crippen LogP contribution in [0.5, 0.6) is 0 Å². The summed E-state index contributed by atoms with van der Waals surface area (Å²) in [7, 11) is 0. The second-order valence-electron chi connectivity index (χ2n) is 5.16. The smallest absolute Gasteiger partial charge is 0.274 e. The predicted octanol–water partition coefficient (Wildman–Crippen LogP) is 5.27. The van der Waals surface area contributed by atoms with E-state index in [1.165, 1.54) is 0 Å². The Morgan fingerprint density at radius 2 is 2.00 bits per heavy atom. The molecule has 0 atom stereocenters. The molecule has 0 aliphatic carbocycles. The van der Waals surface area contributed by atoms with Gasteiger partial charge in [-0.3, -0.25) is 9.20 Å². The molecule has 7 heteroatoms. The second-order valence-corrected chi connectivity index (χ2v) is 6.92. The number of aryl methyl sites for hydroxylation is 2. The van der Waals surface area contributed by atoms with E-state index < -0.39 is 0 Å². The van der Waals surface area contributed by atoms with Crippen LogP contribution in [0.25, 0.3) is 5.65 Å². The Balaban J connectivity index is 2.08. The molecule has 0 radical (unpaired) electrons. The number of amides is 1. The first-order valence-electron chi connectivity index (χ1n) is 6.78. The maximum absolute atomic E-state index is 12.7. The van der Waals surface area contributed by atoms with Crippen LogP contribution in [0.2, 0.25) is 10.0 Å². The summed E-state index contributed by atoms with van der Waals surface area (Å²) in [5.41, 5.74) is 3.28. The number of carbonyl (C=O) groups is 1. The summed E-state index contributed by atoms with van der Waals surface area (Å²) >= 11 is 15.5. The molecule has 0 spiro atoms. The molecule has 3 aromatic rings. The summed E-state index contributed by atoms with van der Waals surface area (Å²) in [4.78, 5) is 17.2. The molecular weight excluding hydrogens is 401 g/mol. The van der Waals surface area contributed by atoms with E-state index in [2.05, 4.69) is 26.2 Å². The fourth-order valence-corrected chi connectivity index (χ4v) is 3.32. The van der Waals surface area contributed by atoms with Crippen molar-refractivity contribution in [3.63, 3.8) is 0 Å². The molecule has 0 unspecified atom stereocenters. The average Bonchev–Trinajstić information content (AvgIpc) is 2.79. The number of anilines is 1. The SMILES string of the molecule is Cc1nc2c(C)cc(Br)cn2c1C(=O)Nc1cc(Cl)ccc1Cl. The molecular formula is C16H12BrCl2N3O. The van der Waals surface area contributed by atoms with E-state index in [9.17, 15) is 4.79 Å². The summed E-state index contributed by atoms with van der Waals surface area (Å²) in [6, 6.07) is 6.87. The van der Waals surface area contributed by atoms with Gasteiger partial charge in [0.2, 0.25) is 0 Å². The highest BCUT2D eigenvalue weighted by molar-refractivity contribution is 9.10. The molecule has 0 saturated carbocycles. The Bertz CT molecular complexity index is 937. The van der Waals surface area contributed by atoms with Crippen LogP contribution in [0.15, 0.2) is 34.9 Å². The lowest BCUT2D eigenvalue weighted by Gasteiger charge is -2.09. The van der Waals surface area contributed by atoms with Gasteiger partial charge in [-0.2, -0.15) is 0 Å². The van der Waals surface area contributed by atoms with Gasteiger partial charge in [-0.05, 0) is 59.6 Å². The summed E-state index contributed by atoms with van der Waals surface area (Å²) in [5, 5.41) is 3.71. The van der Waals surface area contributed by atoms with Gasteiger partial charge >= 0.3 is 0 Å². The zero-order chi connectivity index (χ0) is 16.7. The van der Waals surface area contributed by atoms with Crippen molar-refractivity contribution in [3.05, 3.63) is 61.9 Å². The molecule has 0 saturated heterocycles. The first kappa shape index (κ1) is 16.3. The third-order valence-corrected chi connectivity index (χ3v) is 4.43. The lowest BCUT2D eigenvalue weighted by molar-refractivity contribution is 0.102. The van der Waals surface area contributed by atoms with Crippen molar-refractivity contribution < 1.29 is 4.79 Å². The van der Waals surface area contributed by atoms with Gasteiger partial charge in [0.15, 0.2) is 0 Å². The zero-order valence-corrected chi connectivity index (χ0v) is 15.4. The van der Waals surface area contributed by atoms with Crippen LogP contribution in [0.1, 0.15) is 21.7 Å². The van der Waals surface area contributed by atoms with Crippen LogP contribution < -0.4 is 5.32 Å². The number of fused-ring (bicyclic) bond motifs is 1. The Kier molecular flexibility index (Phi) is 4.36. The van der Waals surface area contributed by atoms with Gasteiger partial charge < -0.3 is 5.32 Å². The molecule has 0 fully saturated rings.